The minimum Gasteiger partial charge on any atom is -0.508 e. The molecule has 6 nitrogen and oxygen atoms in total. The van der Waals surface area contributed by atoms with Gasteiger partial charge in [0.1, 0.15) is 5.75 Å². The fourth-order valence-electron chi connectivity index (χ4n) is 3.04. The van der Waals surface area contributed by atoms with Gasteiger partial charge in [-0.1, -0.05) is 48.5 Å². The first-order valence-electron chi connectivity index (χ1n) is 9.46. The third kappa shape index (κ3) is 5.21. The normalized spacial score (nSPS) is 15.9. The number of thioether (sulfide) groups is 1. The smallest absolute Gasteiger partial charge is 0.307 e. The van der Waals surface area contributed by atoms with Crippen LogP contribution in [-0.2, 0) is 16.0 Å². The summed E-state index contributed by atoms with van der Waals surface area (Å²) in [6.07, 6.45) is 1.76. The Morgan fingerprint density at radius 2 is 1.55 bits per heavy atom. The highest BCUT2D eigenvalue weighted by molar-refractivity contribution is 8.18. The van der Waals surface area contributed by atoms with Crippen molar-refractivity contribution in [3.63, 3.8) is 0 Å². The minimum absolute atomic E-state index is 0.0409. The highest BCUT2D eigenvalue weighted by Crippen LogP contribution is 2.29. The van der Waals surface area contributed by atoms with E-state index in [0.29, 0.717) is 21.3 Å². The van der Waals surface area contributed by atoms with Gasteiger partial charge in [0.05, 0.1) is 17.0 Å². The number of hydrogen-bond acceptors (Lipinski definition) is 5. The molecule has 3 N–H and O–H groups in total. The zero-order valence-electron chi connectivity index (χ0n) is 16.3. The molecule has 0 aromatic heterocycles. The quantitative estimate of drug-likeness (QED) is 0.515. The maximum atomic E-state index is 12.3. The van der Waals surface area contributed by atoms with Crippen molar-refractivity contribution in [3.05, 3.63) is 88.8 Å². The second kappa shape index (κ2) is 8.89. The average Bonchev–Trinajstić information content (AvgIpc) is 3.09. The molecule has 0 aliphatic carbocycles. The molecule has 4 rings (SSSR count). The average molecular weight is 430 g/mol. The number of carbonyl (C=O) groups excluding carboxylic acids is 1. The molecule has 1 aliphatic heterocycles. The number of benzene rings is 3. The van der Waals surface area contributed by atoms with Crippen molar-refractivity contribution in [2.24, 2.45) is 4.99 Å². The van der Waals surface area contributed by atoms with Crippen LogP contribution >= 0.6 is 11.8 Å². The van der Waals surface area contributed by atoms with Crippen LogP contribution in [0.4, 0.5) is 5.69 Å². The Hall–Kier alpha value is -3.84. The van der Waals surface area contributed by atoms with Gasteiger partial charge in [0.25, 0.3) is 5.91 Å². The predicted octanol–water partition coefficient (Wildman–Crippen LogP) is 4.58. The molecule has 0 saturated carbocycles. The van der Waals surface area contributed by atoms with Gasteiger partial charge < -0.3 is 15.5 Å². The van der Waals surface area contributed by atoms with Crippen molar-refractivity contribution < 1.29 is 19.8 Å². The number of aliphatic carboxylic acids is 1. The Kier molecular flexibility index (Phi) is 5.86. The number of phenolic OH excluding ortho intramolecular Hbond substituents is 1. The van der Waals surface area contributed by atoms with Gasteiger partial charge in [-0.25, -0.2) is 4.99 Å². The van der Waals surface area contributed by atoms with Crippen LogP contribution in [0.1, 0.15) is 11.1 Å². The zero-order chi connectivity index (χ0) is 21.8. The van der Waals surface area contributed by atoms with Crippen LogP contribution in [0.25, 0.3) is 17.2 Å². The second-order valence-corrected chi connectivity index (χ2v) is 7.92. The van der Waals surface area contributed by atoms with E-state index in [4.69, 9.17) is 5.11 Å². The molecule has 0 radical (unpaired) electrons. The van der Waals surface area contributed by atoms with E-state index in [2.05, 4.69) is 10.3 Å². The van der Waals surface area contributed by atoms with Gasteiger partial charge >= 0.3 is 5.97 Å². The molecule has 1 fully saturated rings. The molecule has 0 spiro atoms. The van der Waals surface area contributed by atoms with Crippen molar-refractivity contribution in [1.29, 1.82) is 0 Å². The summed E-state index contributed by atoms with van der Waals surface area (Å²) in [5.41, 5.74) is 4.22. The van der Waals surface area contributed by atoms with E-state index in [-0.39, 0.29) is 18.1 Å². The van der Waals surface area contributed by atoms with E-state index < -0.39 is 5.97 Å². The Balaban J connectivity index is 1.46. The number of amidine groups is 1. The monoisotopic (exact) mass is 430 g/mol. The van der Waals surface area contributed by atoms with E-state index in [0.717, 1.165) is 16.7 Å². The third-order valence-corrected chi connectivity index (χ3v) is 5.49. The lowest BCUT2D eigenvalue weighted by molar-refractivity contribution is -0.136. The van der Waals surface area contributed by atoms with Gasteiger partial charge in [-0.2, -0.15) is 0 Å². The molecule has 0 atom stereocenters. The number of rotatable bonds is 5. The number of aromatic hydroxyl groups is 1. The van der Waals surface area contributed by atoms with Gasteiger partial charge in [0.15, 0.2) is 5.17 Å². The van der Waals surface area contributed by atoms with Gasteiger partial charge in [-0.3, -0.25) is 9.59 Å². The lowest BCUT2D eigenvalue weighted by Gasteiger charge is -2.03. The second-order valence-electron chi connectivity index (χ2n) is 6.89. The predicted molar refractivity (Wildman–Crippen MR) is 122 cm³/mol. The Morgan fingerprint density at radius 3 is 2.16 bits per heavy atom. The SMILES string of the molecule is O=C(O)Cc1ccc(N=C2NC(=O)/C(=C\c3ccc(-c4ccc(O)cc4)cc3)S2)cc1. The summed E-state index contributed by atoms with van der Waals surface area (Å²) >= 11 is 1.25. The summed E-state index contributed by atoms with van der Waals surface area (Å²) in [6, 6.07) is 21.6. The molecule has 31 heavy (non-hydrogen) atoms. The molecule has 1 heterocycles. The van der Waals surface area contributed by atoms with Crippen LogP contribution in [0.2, 0.25) is 0 Å². The van der Waals surface area contributed by atoms with Crippen LogP contribution in [-0.4, -0.2) is 27.3 Å². The summed E-state index contributed by atoms with van der Waals surface area (Å²) in [4.78, 5) is 28.0. The first kappa shape index (κ1) is 20.4. The first-order chi connectivity index (χ1) is 15.0. The fourth-order valence-corrected chi connectivity index (χ4v) is 3.88. The molecule has 154 valence electrons. The number of amides is 1. The Labute approximate surface area is 183 Å². The van der Waals surface area contributed by atoms with Crippen molar-refractivity contribution in [3.8, 4) is 16.9 Å². The van der Waals surface area contributed by atoms with Crippen LogP contribution < -0.4 is 5.32 Å². The lowest BCUT2D eigenvalue weighted by Crippen LogP contribution is -2.19. The minimum atomic E-state index is -0.886. The van der Waals surface area contributed by atoms with Crippen molar-refractivity contribution >= 4 is 40.6 Å². The summed E-state index contributed by atoms with van der Waals surface area (Å²) < 4.78 is 0. The van der Waals surface area contributed by atoms with Gasteiger partial charge in [0, 0.05) is 0 Å². The number of hydrogen-bond donors (Lipinski definition) is 3. The van der Waals surface area contributed by atoms with Crippen LogP contribution in [0, 0.1) is 0 Å². The molecular formula is C24H18N2O4S. The molecule has 3 aromatic carbocycles. The molecule has 0 unspecified atom stereocenters. The molecule has 7 heteroatoms. The highest BCUT2D eigenvalue weighted by atomic mass is 32.2. The van der Waals surface area contributed by atoms with Gasteiger partial charge in [0.2, 0.25) is 0 Å². The lowest BCUT2D eigenvalue weighted by atomic mass is 10.0. The Morgan fingerprint density at radius 1 is 0.935 bits per heavy atom. The Bertz CT molecular complexity index is 1180. The molecular weight excluding hydrogens is 412 g/mol. The number of aliphatic imine (C=N–C) groups is 1. The zero-order valence-corrected chi connectivity index (χ0v) is 17.1. The fraction of sp³-hybridized carbons (Fsp3) is 0.0417. The highest BCUT2D eigenvalue weighted by Gasteiger charge is 2.23. The number of nitrogens with one attached hydrogen (secondary N) is 1. The number of phenols is 1. The maximum absolute atomic E-state index is 12.3. The summed E-state index contributed by atoms with van der Waals surface area (Å²) in [5.74, 6) is -0.875. The molecule has 1 aliphatic rings. The first-order valence-corrected chi connectivity index (χ1v) is 10.3. The molecule has 3 aromatic rings. The van der Waals surface area contributed by atoms with Crippen LogP contribution in [0.3, 0.4) is 0 Å². The van der Waals surface area contributed by atoms with Gasteiger partial charge in [-0.15, -0.1) is 0 Å². The van der Waals surface area contributed by atoms with E-state index in [1.165, 1.54) is 11.8 Å². The summed E-state index contributed by atoms with van der Waals surface area (Å²) in [7, 11) is 0. The number of carboxylic acids is 1. The molecule has 1 saturated heterocycles. The third-order valence-electron chi connectivity index (χ3n) is 4.58. The largest absolute Gasteiger partial charge is 0.508 e. The van der Waals surface area contributed by atoms with Crippen molar-refractivity contribution in [2.45, 2.75) is 6.42 Å². The number of nitrogens with zero attached hydrogens (tertiary/aromatic N) is 1. The van der Waals surface area contributed by atoms with E-state index in [9.17, 15) is 14.7 Å². The number of carbonyl (C=O) groups is 2. The van der Waals surface area contributed by atoms with Crippen molar-refractivity contribution in [1.82, 2.24) is 5.32 Å². The maximum Gasteiger partial charge on any atom is 0.307 e. The number of carboxylic acid groups (broad SMARTS) is 1. The van der Waals surface area contributed by atoms with E-state index >= 15 is 0 Å². The van der Waals surface area contributed by atoms with E-state index in [1.54, 1.807) is 42.5 Å². The molecule has 1 amide bonds. The summed E-state index contributed by atoms with van der Waals surface area (Å²) in [6.45, 7) is 0. The molecule has 0 bridgehead atoms. The van der Waals surface area contributed by atoms with Gasteiger partial charge in [-0.05, 0) is 64.4 Å². The van der Waals surface area contributed by atoms with Crippen molar-refractivity contribution in [2.75, 3.05) is 0 Å². The topological polar surface area (TPSA) is 99.0 Å². The van der Waals surface area contributed by atoms with Crippen LogP contribution in [0.15, 0.2) is 82.7 Å². The van der Waals surface area contributed by atoms with Crippen LogP contribution in [0.5, 0.6) is 5.75 Å². The standard InChI is InChI=1S/C24H18N2O4S/c27-20-11-7-18(8-12-20)17-5-1-15(2-6-17)13-21-23(30)26-24(31-21)25-19-9-3-16(4-10-19)14-22(28)29/h1-13,27H,14H2,(H,28,29)(H,25,26,30)/b21-13+. The summed E-state index contributed by atoms with van der Waals surface area (Å²) in [5, 5.41) is 21.5. The van der Waals surface area contributed by atoms with E-state index in [1.807, 2.05) is 36.4 Å².